The van der Waals surface area contributed by atoms with Crippen LogP contribution in [0.2, 0.25) is 0 Å². The van der Waals surface area contributed by atoms with Gasteiger partial charge in [0, 0.05) is 44.8 Å². The monoisotopic (exact) mass is 466 g/mol. The number of nitrogens with zero attached hydrogens (tertiary/aromatic N) is 3. The number of hydrogen-bond donors (Lipinski definition) is 1. The molecule has 1 N–H and O–H groups in total. The second-order valence-corrected chi connectivity index (χ2v) is 11.3. The molecule has 0 aliphatic carbocycles. The average Bonchev–Trinajstić information content (AvgIpc) is 3.21. The Kier molecular flexibility index (Phi) is 6.46. The van der Waals surface area contributed by atoms with Crippen molar-refractivity contribution in [2.75, 3.05) is 30.8 Å². The third-order valence-electron chi connectivity index (χ3n) is 4.38. The lowest BCUT2D eigenvalue weighted by molar-refractivity contribution is 0.520. The highest BCUT2D eigenvalue weighted by Crippen LogP contribution is 2.28. The fourth-order valence-corrected chi connectivity index (χ4v) is 5.27. The predicted octanol–water partition coefficient (Wildman–Crippen LogP) is 2.83. The van der Waals surface area contributed by atoms with Crippen molar-refractivity contribution >= 4 is 43.0 Å². The van der Waals surface area contributed by atoms with E-state index >= 15 is 0 Å². The van der Waals surface area contributed by atoms with E-state index in [1.54, 1.807) is 18.3 Å². The molecular formula is C19H22N4O4S3. The van der Waals surface area contributed by atoms with E-state index in [4.69, 9.17) is 0 Å². The summed E-state index contributed by atoms with van der Waals surface area (Å²) in [6, 6.07) is 12.2. The second kappa shape index (κ2) is 8.72. The van der Waals surface area contributed by atoms with Crippen LogP contribution in [-0.2, 0) is 26.6 Å². The Morgan fingerprint density at radius 3 is 2.17 bits per heavy atom. The fourth-order valence-electron chi connectivity index (χ4n) is 2.76. The molecule has 3 rings (SSSR count). The summed E-state index contributed by atoms with van der Waals surface area (Å²) >= 11 is 1.36. The molecule has 0 aliphatic heterocycles. The lowest BCUT2D eigenvalue weighted by Gasteiger charge is -2.22. The molecule has 3 aromatic rings. The Morgan fingerprint density at radius 1 is 0.933 bits per heavy atom. The van der Waals surface area contributed by atoms with Crippen molar-refractivity contribution in [3.63, 3.8) is 0 Å². The molecule has 0 bridgehead atoms. The summed E-state index contributed by atoms with van der Waals surface area (Å²) in [6.45, 7) is 0.576. The first-order valence-electron chi connectivity index (χ1n) is 8.85. The number of rotatable bonds is 8. The van der Waals surface area contributed by atoms with E-state index in [0.29, 0.717) is 17.9 Å². The topological polar surface area (TPSA) is 99.7 Å². The summed E-state index contributed by atoms with van der Waals surface area (Å²) in [5.74, 6) is 0. The van der Waals surface area contributed by atoms with Gasteiger partial charge in [-0.3, -0.25) is 4.72 Å². The first-order chi connectivity index (χ1) is 14.1. The van der Waals surface area contributed by atoms with Gasteiger partial charge in [0.1, 0.15) is 0 Å². The first kappa shape index (κ1) is 22.2. The van der Waals surface area contributed by atoms with Gasteiger partial charge in [0.05, 0.1) is 21.2 Å². The molecule has 0 saturated heterocycles. The molecule has 0 atom stereocenters. The van der Waals surface area contributed by atoms with Gasteiger partial charge in [-0.1, -0.05) is 12.1 Å². The van der Waals surface area contributed by atoms with Crippen LogP contribution in [0.15, 0.2) is 69.9 Å². The Labute approximate surface area is 181 Å². The standard InChI is InChI=1S/C19H22N4O4S3/c1-22(2)30(26,27)17-10-8-16(9-11-17)29(24,25)21-18-6-4-5-7-19(18)23(3)13-15-12-20-28-14-15/h4-12,14,21H,13H2,1-3H3. The normalized spacial score (nSPS) is 12.1. The van der Waals surface area contributed by atoms with Gasteiger partial charge in [-0.2, -0.15) is 0 Å². The van der Waals surface area contributed by atoms with Gasteiger partial charge in [-0.15, -0.1) is 0 Å². The molecule has 0 radical (unpaired) electrons. The highest BCUT2D eigenvalue weighted by Gasteiger charge is 2.21. The number of benzene rings is 2. The fraction of sp³-hybridized carbons (Fsp3) is 0.211. The van der Waals surface area contributed by atoms with E-state index < -0.39 is 20.0 Å². The maximum Gasteiger partial charge on any atom is 0.261 e. The molecule has 30 heavy (non-hydrogen) atoms. The van der Waals surface area contributed by atoms with Crippen LogP contribution in [0, 0.1) is 0 Å². The molecular weight excluding hydrogens is 444 g/mol. The van der Waals surface area contributed by atoms with E-state index in [1.165, 1.54) is 49.9 Å². The highest BCUT2D eigenvalue weighted by molar-refractivity contribution is 7.92. The summed E-state index contributed by atoms with van der Waals surface area (Å²) in [7, 11) is -2.84. The van der Waals surface area contributed by atoms with Crippen LogP contribution in [0.3, 0.4) is 0 Å². The Hall–Kier alpha value is -2.47. The molecule has 1 heterocycles. The van der Waals surface area contributed by atoms with E-state index in [1.807, 2.05) is 29.5 Å². The second-order valence-electron chi connectivity index (χ2n) is 6.77. The number of nitrogens with one attached hydrogen (secondary N) is 1. The van der Waals surface area contributed by atoms with E-state index in [0.717, 1.165) is 9.87 Å². The Morgan fingerprint density at radius 2 is 1.57 bits per heavy atom. The number of hydrogen-bond acceptors (Lipinski definition) is 7. The number of aromatic nitrogens is 1. The van der Waals surface area contributed by atoms with Crippen LogP contribution >= 0.6 is 11.5 Å². The molecule has 0 fully saturated rings. The predicted molar refractivity (Wildman–Crippen MR) is 119 cm³/mol. The molecule has 0 saturated carbocycles. The van der Waals surface area contributed by atoms with Crippen molar-refractivity contribution in [1.29, 1.82) is 0 Å². The van der Waals surface area contributed by atoms with Crippen molar-refractivity contribution in [1.82, 2.24) is 8.68 Å². The van der Waals surface area contributed by atoms with Crippen molar-refractivity contribution in [2.24, 2.45) is 0 Å². The molecule has 160 valence electrons. The molecule has 0 aliphatic rings. The largest absolute Gasteiger partial charge is 0.368 e. The maximum absolute atomic E-state index is 12.9. The van der Waals surface area contributed by atoms with Gasteiger partial charge in [-0.05, 0) is 47.9 Å². The summed E-state index contributed by atoms with van der Waals surface area (Å²) < 4.78 is 57.9. The van der Waals surface area contributed by atoms with Gasteiger partial charge in [0.15, 0.2) is 0 Å². The zero-order chi connectivity index (χ0) is 21.9. The quantitative estimate of drug-likeness (QED) is 0.548. The lowest BCUT2D eigenvalue weighted by Crippen LogP contribution is -2.22. The van der Waals surface area contributed by atoms with Crippen molar-refractivity contribution in [3.8, 4) is 0 Å². The van der Waals surface area contributed by atoms with Crippen molar-refractivity contribution in [3.05, 3.63) is 65.7 Å². The SMILES string of the molecule is CN(Cc1cnsc1)c1ccccc1NS(=O)(=O)c1ccc(S(=O)(=O)N(C)C)cc1. The third kappa shape index (κ3) is 4.81. The van der Waals surface area contributed by atoms with Crippen LogP contribution in [0.4, 0.5) is 11.4 Å². The zero-order valence-corrected chi connectivity index (χ0v) is 19.1. The molecule has 0 spiro atoms. The lowest BCUT2D eigenvalue weighted by atomic mass is 10.2. The molecule has 2 aromatic carbocycles. The minimum absolute atomic E-state index is 0.0240. The highest BCUT2D eigenvalue weighted by atomic mass is 32.2. The van der Waals surface area contributed by atoms with Gasteiger partial charge >= 0.3 is 0 Å². The van der Waals surface area contributed by atoms with Crippen molar-refractivity contribution < 1.29 is 16.8 Å². The third-order valence-corrected chi connectivity index (χ3v) is 8.22. The van der Waals surface area contributed by atoms with Gasteiger partial charge < -0.3 is 4.90 Å². The van der Waals surface area contributed by atoms with Crippen LogP contribution in [0.5, 0.6) is 0 Å². The van der Waals surface area contributed by atoms with Gasteiger partial charge in [0.2, 0.25) is 10.0 Å². The molecule has 0 unspecified atom stereocenters. The van der Waals surface area contributed by atoms with E-state index in [9.17, 15) is 16.8 Å². The summed E-state index contributed by atoms with van der Waals surface area (Å²) in [5.41, 5.74) is 2.16. The average molecular weight is 467 g/mol. The molecule has 0 amide bonds. The molecule has 11 heteroatoms. The number of sulfonamides is 2. The number of para-hydroxylation sites is 2. The minimum atomic E-state index is -3.91. The Balaban J connectivity index is 1.85. The van der Waals surface area contributed by atoms with Gasteiger partial charge in [0.25, 0.3) is 10.0 Å². The summed E-state index contributed by atoms with van der Waals surface area (Å²) in [4.78, 5) is 1.92. The van der Waals surface area contributed by atoms with Crippen LogP contribution in [0.1, 0.15) is 5.56 Å². The van der Waals surface area contributed by atoms with E-state index in [-0.39, 0.29) is 9.79 Å². The Bertz CT molecular complexity index is 1210. The van der Waals surface area contributed by atoms with E-state index in [2.05, 4.69) is 9.10 Å². The molecule has 1 aromatic heterocycles. The number of anilines is 2. The summed E-state index contributed by atoms with van der Waals surface area (Å²) in [5, 5.41) is 1.94. The zero-order valence-electron chi connectivity index (χ0n) is 16.7. The summed E-state index contributed by atoms with van der Waals surface area (Å²) in [6.07, 6.45) is 1.78. The van der Waals surface area contributed by atoms with Gasteiger partial charge in [-0.25, -0.2) is 25.5 Å². The van der Waals surface area contributed by atoms with Crippen molar-refractivity contribution in [2.45, 2.75) is 16.3 Å². The molecule has 8 nitrogen and oxygen atoms in total. The minimum Gasteiger partial charge on any atom is -0.368 e. The van der Waals surface area contributed by atoms with Crippen LogP contribution in [-0.4, -0.2) is 46.7 Å². The first-order valence-corrected chi connectivity index (χ1v) is 12.6. The van der Waals surface area contributed by atoms with Crippen LogP contribution in [0.25, 0.3) is 0 Å². The smallest absolute Gasteiger partial charge is 0.261 e. The van der Waals surface area contributed by atoms with Crippen LogP contribution < -0.4 is 9.62 Å². The maximum atomic E-state index is 12.9.